The Bertz CT molecular complexity index is 220. The van der Waals surface area contributed by atoms with E-state index in [4.69, 9.17) is 0 Å². The van der Waals surface area contributed by atoms with Crippen molar-refractivity contribution in [3.05, 3.63) is 11.8 Å². The molecule has 0 N–H and O–H groups in total. The molecule has 0 aromatic carbocycles. The van der Waals surface area contributed by atoms with Crippen molar-refractivity contribution in [2.75, 3.05) is 20.8 Å². The molecule has 0 amide bonds. The van der Waals surface area contributed by atoms with Crippen LogP contribution in [0.4, 0.5) is 0 Å². The second-order valence-electron chi connectivity index (χ2n) is 2.29. The number of carbonyl (C=O) groups is 1. The van der Waals surface area contributed by atoms with E-state index >= 15 is 0 Å². The zero-order valence-electron chi connectivity index (χ0n) is 6.57. The fourth-order valence-electron chi connectivity index (χ4n) is 0.803. The van der Waals surface area contributed by atoms with E-state index in [-0.39, 0.29) is 5.97 Å². The van der Waals surface area contributed by atoms with Gasteiger partial charge in [0.2, 0.25) is 0 Å². The summed E-state index contributed by atoms with van der Waals surface area (Å²) in [7, 11) is 3.20. The van der Waals surface area contributed by atoms with Crippen LogP contribution < -0.4 is 0 Å². The quantitative estimate of drug-likeness (QED) is 0.500. The lowest BCUT2D eigenvalue weighted by Crippen LogP contribution is -2.19. The Labute approximate surface area is 65.2 Å². The first kappa shape index (κ1) is 7.78. The molecular formula is C7H10N2O2. The van der Waals surface area contributed by atoms with E-state index in [1.165, 1.54) is 13.3 Å². The lowest BCUT2D eigenvalue weighted by molar-refractivity contribution is -0.135. The minimum Gasteiger partial charge on any atom is -0.465 e. The number of aliphatic imine (C=N–C) groups is 1. The van der Waals surface area contributed by atoms with Crippen LogP contribution in [-0.4, -0.2) is 37.9 Å². The average molecular weight is 154 g/mol. The maximum absolute atomic E-state index is 10.9. The summed E-state index contributed by atoms with van der Waals surface area (Å²) < 4.78 is 4.51. The maximum atomic E-state index is 10.9. The van der Waals surface area contributed by atoms with Crippen molar-refractivity contribution in [2.24, 2.45) is 4.99 Å². The van der Waals surface area contributed by atoms with Crippen molar-refractivity contribution in [3.8, 4) is 0 Å². The summed E-state index contributed by atoms with van der Waals surface area (Å²) in [5.41, 5.74) is 0.487. The third-order valence-electron chi connectivity index (χ3n) is 1.32. The lowest BCUT2D eigenvalue weighted by atomic mass is 10.3. The lowest BCUT2D eigenvalue weighted by Gasteiger charge is -2.15. The smallest absolute Gasteiger partial charge is 0.340 e. The molecule has 4 nitrogen and oxygen atoms in total. The molecule has 0 saturated heterocycles. The van der Waals surface area contributed by atoms with Crippen molar-refractivity contribution >= 4 is 12.2 Å². The highest BCUT2D eigenvalue weighted by atomic mass is 16.5. The fourth-order valence-corrected chi connectivity index (χ4v) is 0.803. The van der Waals surface area contributed by atoms with Crippen LogP contribution in [0.5, 0.6) is 0 Å². The first-order chi connectivity index (χ1) is 5.24. The Balaban J connectivity index is 2.71. The summed E-state index contributed by atoms with van der Waals surface area (Å²) in [6.07, 6.45) is 3.23. The molecule has 0 aliphatic carbocycles. The van der Waals surface area contributed by atoms with Gasteiger partial charge < -0.3 is 9.64 Å². The third-order valence-corrected chi connectivity index (χ3v) is 1.32. The minimum absolute atomic E-state index is 0.347. The van der Waals surface area contributed by atoms with E-state index in [1.807, 2.05) is 11.9 Å². The van der Waals surface area contributed by atoms with Gasteiger partial charge in [-0.05, 0) is 0 Å². The van der Waals surface area contributed by atoms with Gasteiger partial charge in [-0.3, -0.25) is 4.99 Å². The number of hydrogen-bond donors (Lipinski definition) is 0. The van der Waals surface area contributed by atoms with Crippen LogP contribution in [0.1, 0.15) is 0 Å². The summed E-state index contributed by atoms with van der Waals surface area (Å²) in [5, 5.41) is 0. The molecular weight excluding hydrogens is 144 g/mol. The monoisotopic (exact) mass is 154 g/mol. The van der Waals surface area contributed by atoms with E-state index in [2.05, 4.69) is 9.73 Å². The van der Waals surface area contributed by atoms with E-state index < -0.39 is 0 Å². The molecule has 1 rings (SSSR count). The zero-order valence-corrected chi connectivity index (χ0v) is 6.57. The summed E-state index contributed by atoms with van der Waals surface area (Å²) in [5.74, 6) is -0.347. The summed E-state index contributed by atoms with van der Waals surface area (Å²) in [6, 6.07) is 0. The molecule has 1 heterocycles. The van der Waals surface area contributed by atoms with Crippen molar-refractivity contribution in [1.29, 1.82) is 0 Å². The first-order valence-electron chi connectivity index (χ1n) is 3.24. The second-order valence-corrected chi connectivity index (χ2v) is 2.29. The Kier molecular flexibility index (Phi) is 2.25. The van der Waals surface area contributed by atoms with E-state index in [9.17, 15) is 4.79 Å². The SMILES string of the molecule is COC(=O)C1=CN(C)CN=C1. The highest BCUT2D eigenvalue weighted by Gasteiger charge is 2.10. The molecule has 11 heavy (non-hydrogen) atoms. The standard InChI is InChI=1S/C7H10N2O2/c1-9-4-6(3-8-5-9)7(10)11-2/h3-4H,5H2,1-2H3. The predicted molar refractivity (Wildman–Crippen MR) is 41.2 cm³/mol. The van der Waals surface area contributed by atoms with Crippen LogP contribution in [0.3, 0.4) is 0 Å². The summed E-state index contributed by atoms with van der Waals surface area (Å²) in [4.78, 5) is 16.7. The van der Waals surface area contributed by atoms with Crippen LogP contribution in [-0.2, 0) is 9.53 Å². The molecule has 1 aliphatic rings. The number of esters is 1. The molecule has 0 aromatic heterocycles. The topological polar surface area (TPSA) is 41.9 Å². The normalized spacial score (nSPS) is 16.2. The Morgan fingerprint density at radius 2 is 2.55 bits per heavy atom. The summed E-state index contributed by atoms with van der Waals surface area (Å²) in [6.45, 7) is 0.598. The highest BCUT2D eigenvalue weighted by Crippen LogP contribution is 2.01. The first-order valence-corrected chi connectivity index (χ1v) is 3.24. The molecule has 60 valence electrons. The van der Waals surface area contributed by atoms with E-state index in [1.54, 1.807) is 6.20 Å². The Morgan fingerprint density at radius 3 is 3.09 bits per heavy atom. The number of nitrogens with zero attached hydrogens (tertiary/aromatic N) is 2. The molecule has 0 spiro atoms. The van der Waals surface area contributed by atoms with E-state index in [0.717, 1.165) is 0 Å². The van der Waals surface area contributed by atoms with Crippen LogP contribution in [0, 0.1) is 0 Å². The van der Waals surface area contributed by atoms with Gasteiger partial charge in [0.1, 0.15) is 6.67 Å². The van der Waals surface area contributed by atoms with Crippen LogP contribution >= 0.6 is 0 Å². The molecule has 0 fully saturated rings. The van der Waals surface area contributed by atoms with Gasteiger partial charge in [-0.15, -0.1) is 0 Å². The number of ether oxygens (including phenoxy) is 1. The number of carbonyl (C=O) groups excluding carboxylic acids is 1. The molecule has 0 unspecified atom stereocenters. The van der Waals surface area contributed by atoms with Gasteiger partial charge in [-0.2, -0.15) is 0 Å². The van der Waals surface area contributed by atoms with Crippen molar-refractivity contribution in [2.45, 2.75) is 0 Å². The van der Waals surface area contributed by atoms with E-state index in [0.29, 0.717) is 12.2 Å². The fraction of sp³-hybridized carbons (Fsp3) is 0.429. The Morgan fingerprint density at radius 1 is 1.82 bits per heavy atom. The Hall–Kier alpha value is -1.32. The zero-order chi connectivity index (χ0) is 8.27. The predicted octanol–water partition coefficient (Wildman–Crippen LogP) is 0.0170. The van der Waals surface area contributed by atoms with Gasteiger partial charge in [0.25, 0.3) is 0 Å². The van der Waals surface area contributed by atoms with Crippen LogP contribution in [0.25, 0.3) is 0 Å². The van der Waals surface area contributed by atoms with Crippen LogP contribution in [0.15, 0.2) is 16.8 Å². The molecule has 0 atom stereocenters. The molecule has 0 radical (unpaired) electrons. The molecule has 1 aliphatic heterocycles. The number of hydrogen-bond acceptors (Lipinski definition) is 4. The van der Waals surface area contributed by atoms with Gasteiger partial charge in [-0.25, -0.2) is 4.79 Å². The maximum Gasteiger partial charge on any atom is 0.340 e. The van der Waals surface area contributed by atoms with Crippen molar-refractivity contribution < 1.29 is 9.53 Å². The molecule has 4 heteroatoms. The summed E-state index contributed by atoms with van der Waals surface area (Å²) >= 11 is 0. The van der Waals surface area contributed by atoms with Gasteiger partial charge in [0.05, 0.1) is 12.7 Å². The van der Waals surface area contributed by atoms with Crippen molar-refractivity contribution in [3.63, 3.8) is 0 Å². The number of rotatable bonds is 1. The largest absolute Gasteiger partial charge is 0.465 e. The minimum atomic E-state index is -0.347. The molecule has 0 aromatic rings. The van der Waals surface area contributed by atoms with Gasteiger partial charge in [0.15, 0.2) is 0 Å². The third kappa shape index (κ3) is 1.80. The van der Waals surface area contributed by atoms with Crippen LogP contribution in [0.2, 0.25) is 0 Å². The second kappa shape index (κ2) is 3.18. The molecule has 0 saturated carbocycles. The molecule has 0 bridgehead atoms. The van der Waals surface area contributed by atoms with Gasteiger partial charge in [0, 0.05) is 19.5 Å². The average Bonchev–Trinajstić information content (AvgIpc) is 2.03. The van der Waals surface area contributed by atoms with Crippen molar-refractivity contribution in [1.82, 2.24) is 4.90 Å². The van der Waals surface area contributed by atoms with Gasteiger partial charge >= 0.3 is 5.97 Å². The van der Waals surface area contributed by atoms with Gasteiger partial charge in [-0.1, -0.05) is 0 Å². The number of methoxy groups -OCH3 is 1. The highest BCUT2D eigenvalue weighted by molar-refractivity contribution is 6.09.